The van der Waals surface area contributed by atoms with Gasteiger partial charge in [0.1, 0.15) is 5.69 Å². The second-order valence-electron chi connectivity index (χ2n) is 9.07. The molecule has 172 valence electrons. The molecule has 7 heterocycles. The first-order valence-corrected chi connectivity index (χ1v) is 11.8. The van der Waals surface area contributed by atoms with Crippen molar-refractivity contribution in [1.82, 2.24) is 35.0 Å². The van der Waals surface area contributed by atoms with E-state index < -0.39 is 0 Å². The van der Waals surface area contributed by atoms with Crippen molar-refractivity contribution in [3.05, 3.63) is 73.2 Å². The number of likely N-dealkylation sites (tertiary alicyclic amines) is 1. The summed E-state index contributed by atoms with van der Waals surface area (Å²) in [5, 5.41) is 9.77. The highest BCUT2D eigenvalue weighted by Gasteiger charge is 2.16. The van der Waals surface area contributed by atoms with E-state index in [1.807, 2.05) is 30.7 Å². The quantitative estimate of drug-likeness (QED) is 0.356. The first kappa shape index (κ1) is 20.1. The third-order valence-electron chi connectivity index (χ3n) is 6.74. The van der Waals surface area contributed by atoms with Crippen molar-refractivity contribution < 1.29 is 4.42 Å². The second-order valence-corrected chi connectivity index (χ2v) is 9.07. The topological polar surface area (TPSA) is 99.5 Å². The van der Waals surface area contributed by atoms with E-state index in [2.05, 4.69) is 48.2 Å². The average molecular weight is 462 g/mol. The summed E-state index contributed by atoms with van der Waals surface area (Å²) in [5.41, 5.74) is 8.58. The van der Waals surface area contributed by atoms with Gasteiger partial charge in [-0.15, -0.1) is 0 Å². The van der Waals surface area contributed by atoms with Crippen molar-refractivity contribution in [3.8, 4) is 33.9 Å². The van der Waals surface area contributed by atoms with Crippen LogP contribution in [0.4, 0.5) is 0 Å². The van der Waals surface area contributed by atoms with Gasteiger partial charge in [0.25, 0.3) is 0 Å². The number of hydrogen-bond acceptors (Lipinski definition) is 6. The summed E-state index contributed by atoms with van der Waals surface area (Å²) in [6, 6.07) is 10.3. The van der Waals surface area contributed by atoms with Crippen LogP contribution in [-0.2, 0) is 6.54 Å². The van der Waals surface area contributed by atoms with E-state index in [-0.39, 0.29) is 0 Å². The average Bonchev–Trinajstić information content (AvgIpc) is 3.70. The molecule has 8 nitrogen and oxygen atoms in total. The van der Waals surface area contributed by atoms with Crippen LogP contribution in [0.25, 0.3) is 55.7 Å². The summed E-state index contributed by atoms with van der Waals surface area (Å²) in [4.78, 5) is 19.8. The minimum absolute atomic E-state index is 0.846. The monoisotopic (exact) mass is 461 g/mol. The highest BCUT2D eigenvalue weighted by Crippen LogP contribution is 2.34. The molecule has 0 radical (unpaired) electrons. The first-order chi connectivity index (χ1) is 17.3. The molecular formula is C27H23N7O. The molecule has 0 saturated carbocycles. The number of hydrogen-bond donors (Lipinski definition) is 2. The normalized spacial score (nSPS) is 14.4. The SMILES string of the molecule is c1cc2[nH]c(-c3n[nH]c4cnc(-c5cncc(CN6CCCC6)c5)cc34)cc2c(-c2ccoc2)n1. The van der Waals surface area contributed by atoms with Crippen LogP contribution in [0.1, 0.15) is 18.4 Å². The third kappa shape index (κ3) is 3.59. The molecule has 6 aromatic heterocycles. The highest BCUT2D eigenvalue weighted by atomic mass is 16.3. The van der Waals surface area contributed by atoms with E-state index in [4.69, 9.17) is 9.40 Å². The lowest BCUT2D eigenvalue weighted by Crippen LogP contribution is -2.18. The molecule has 1 aliphatic heterocycles. The van der Waals surface area contributed by atoms with E-state index >= 15 is 0 Å². The maximum Gasteiger partial charge on any atom is 0.116 e. The summed E-state index contributed by atoms with van der Waals surface area (Å²) in [7, 11) is 0. The number of nitrogens with zero attached hydrogens (tertiary/aromatic N) is 5. The minimum atomic E-state index is 0.846. The molecule has 0 aromatic carbocycles. The summed E-state index contributed by atoms with van der Waals surface area (Å²) in [6.45, 7) is 3.26. The Kier molecular flexibility index (Phi) is 4.70. The number of aromatic nitrogens is 6. The summed E-state index contributed by atoms with van der Waals surface area (Å²) < 4.78 is 5.27. The fraction of sp³-hybridized carbons (Fsp3) is 0.185. The number of aromatic amines is 2. The van der Waals surface area contributed by atoms with Crippen molar-refractivity contribution in [2.75, 3.05) is 13.1 Å². The van der Waals surface area contributed by atoms with E-state index in [0.717, 1.165) is 75.3 Å². The molecule has 1 aliphatic rings. The Morgan fingerprint density at radius 3 is 2.69 bits per heavy atom. The Balaban J connectivity index is 1.28. The Morgan fingerprint density at radius 2 is 1.80 bits per heavy atom. The Labute approximate surface area is 201 Å². The van der Waals surface area contributed by atoms with Crippen LogP contribution in [0.3, 0.4) is 0 Å². The second kappa shape index (κ2) is 8.18. The summed E-state index contributed by atoms with van der Waals surface area (Å²) in [5.74, 6) is 0. The molecule has 0 atom stereocenters. The molecular weight excluding hydrogens is 438 g/mol. The van der Waals surface area contributed by atoms with Crippen LogP contribution in [0.5, 0.6) is 0 Å². The third-order valence-corrected chi connectivity index (χ3v) is 6.74. The molecule has 35 heavy (non-hydrogen) atoms. The maximum atomic E-state index is 5.27. The largest absolute Gasteiger partial charge is 0.472 e. The molecule has 7 rings (SSSR count). The van der Waals surface area contributed by atoms with Crippen LogP contribution >= 0.6 is 0 Å². The van der Waals surface area contributed by atoms with Gasteiger partial charge >= 0.3 is 0 Å². The predicted octanol–water partition coefficient (Wildman–Crippen LogP) is 5.42. The van der Waals surface area contributed by atoms with Gasteiger partial charge in [-0.3, -0.25) is 25.0 Å². The van der Waals surface area contributed by atoms with E-state index in [1.165, 1.54) is 18.4 Å². The van der Waals surface area contributed by atoms with Crippen LogP contribution < -0.4 is 0 Å². The highest BCUT2D eigenvalue weighted by molar-refractivity contribution is 6.00. The van der Waals surface area contributed by atoms with Gasteiger partial charge < -0.3 is 9.40 Å². The van der Waals surface area contributed by atoms with Crippen molar-refractivity contribution in [3.63, 3.8) is 0 Å². The number of H-pyrrole nitrogens is 2. The van der Waals surface area contributed by atoms with Crippen molar-refractivity contribution in [2.24, 2.45) is 0 Å². The lowest BCUT2D eigenvalue weighted by atomic mass is 10.1. The lowest BCUT2D eigenvalue weighted by molar-refractivity contribution is 0.331. The number of nitrogens with one attached hydrogen (secondary N) is 2. The summed E-state index contributed by atoms with van der Waals surface area (Å²) in [6.07, 6.45) is 13.4. The zero-order valence-corrected chi connectivity index (χ0v) is 19.0. The Morgan fingerprint density at radius 1 is 0.886 bits per heavy atom. The number of furan rings is 1. The Hall–Kier alpha value is -4.30. The molecule has 0 spiro atoms. The maximum absolute atomic E-state index is 5.27. The van der Waals surface area contributed by atoms with Crippen molar-refractivity contribution >= 4 is 21.8 Å². The molecule has 0 amide bonds. The molecule has 0 unspecified atom stereocenters. The molecule has 2 N–H and O–H groups in total. The van der Waals surface area contributed by atoms with Crippen LogP contribution in [0.15, 0.2) is 72.1 Å². The number of fused-ring (bicyclic) bond motifs is 2. The van der Waals surface area contributed by atoms with Gasteiger partial charge in [0.2, 0.25) is 0 Å². The van der Waals surface area contributed by atoms with Gasteiger partial charge in [-0.05, 0) is 61.8 Å². The van der Waals surface area contributed by atoms with E-state index in [9.17, 15) is 0 Å². The van der Waals surface area contributed by atoms with Crippen LogP contribution in [0.2, 0.25) is 0 Å². The van der Waals surface area contributed by atoms with Crippen LogP contribution in [-0.4, -0.2) is 48.1 Å². The van der Waals surface area contributed by atoms with Crippen molar-refractivity contribution in [1.29, 1.82) is 0 Å². The smallest absolute Gasteiger partial charge is 0.116 e. The number of rotatable bonds is 5. The molecule has 1 fully saturated rings. The van der Waals surface area contributed by atoms with Gasteiger partial charge in [0.15, 0.2) is 0 Å². The van der Waals surface area contributed by atoms with Crippen molar-refractivity contribution in [2.45, 2.75) is 19.4 Å². The Bertz CT molecular complexity index is 1640. The first-order valence-electron chi connectivity index (χ1n) is 11.8. The number of pyridine rings is 3. The molecule has 6 aromatic rings. The predicted molar refractivity (Wildman–Crippen MR) is 134 cm³/mol. The van der Waals surface area contributed by atoms with E-state index in [1.54, 1.807) is 18.7 Å². The lowest BCUT2D eigenvalue weighted by Gasteiger charge is -2.14. The molecule has 8 heteroatoms. The van der Waals surface area contributed by atoms with Gasteiger partial charge in [-0.25, -0.2) is 0 Å². The van der Waals surface area contributed by atoms with Gasteiger partial charge in [-0.1, -0.05) is 0 Å². The van der Waals surface area contributed by atoms with Gasteiger partial charge in [0, 0.05) is 52.6 Å². The van der Waals surface area contributed by atoms with E-state index in [0.29, 0.717) is 0 Å². The molecule has 0 aliphatic carbocycles. The standard InChI is InChI=1S/C27H23N7O/c1-2-7-34(6-1)15-17-9-19(13-28-12-17)23-10-21-25(14-30-23)32-33-27(21)24-11-20-22(31-24)3-5-29-26(20)18-4-8-35-16-18/h3-5,8-14,16,31H,1-2,6-7,15H2,(H,32,33). The van der Waals surface area contributed by atoms with Gasteiger partial charge in [-0.2, -0.15) is 5.10 Å². The summed E-state index contributed by atoms with van der Waals surface area (Å²) >= 11 is 0. The van der Waals surface area contributed by atoms with Crippen LogP contribution in [0, 0.1) is 0 Å². The molecule has 0 bridgehead atoms. The zero-order chi connectivity index (χ0) is 23.2. The zero-order valence-electron chi connectivity index (χ0n) is 19.0. The molecule has 1 saturated heterocycles. The van der Waals surface area contributed by atoms with Gasteiger partial charge in [0.05, 0.1) is 41.3 Å². The fourth-order valence-electron chi connectivity index (χ4n) is 5.00. The fourth-order valence-corrected chi connectivity index (χ4v) is 5.00. The minimum Gasteiger partial charge on any atom is -0.472 e.